The van der Waals surface area contributed by atoms with Crippen LogP contribution >= 0.6 is 0 Å². The SMILES string of the molecule is CCc1cc(N(c2cccc(C)c2)c2cccc3c2C(C)(C)c2ccccc2-3)c2cc3c4c(cc(N(c5cccc(C)c5)c5cccc6c5C(C)(C)c5ccccc5-6)c5ccc1c2c54)CCC3(C)C. The lowest BCUT2D eigenvalue weighted by molar-refractivity contribution is 0.475. The van der Waals surface area contributed by atoms with Gasteiger partial charge >= 0.3 is 0 Å². The molecule has 0 saturated heterocycles. The van der Waals surface area contributed by atoms with Crippen LogP contribution in [0.5, 0.6) is 0 Å². The van der Waals surface area contributed by atoms with E-state index in [1.165, 1.54) is 139 Å². The largest absolute Gasteiger partial charge is 0.310 e. The maximum Gasteiger partial charge on any atom is 0.0543 e. The number of fused-ring (bicyclic) bond motifs is 6. The van der Waals surface area contributed by atoms with Crippen molar-refractivity contribution in [2.45, 2.75) is 97.8 Å². The van der Waals surface area contributed by atoms with Crippen molar-refractivity contribution >= 4 is 66.4 Å². The molecule has 0 saturated carbocycles. The van der Waals surface area contributed by atoms with Crippen molar-refractivity contribution in [3.05, 3.63) is 214 Å². The molecule has 3 aliphatic carbocycles. The van der Waals surface area contributed by atoms with E-state index in [9.17, 15) is 0 Å². The summed E-state index contributed by atoms with van der Waals surface area (Å²) in [7, 11) is 0. The Labute approximate surface area is 408 Å². The summed E-state index contributed by atoms with van der Waals surface area (Å²) >= 11 is 0. The molecule has 10 aromatic carbocycles. The lowest BCUT2D eigenvalue weighted by Gasteiger charge is -2.38. The van der Waals surface area contributed by atoms with E-state index < -0.39 is 0 Å². The minimum absolute atomic E-state index is 0.0277. The summed E-state index contributed by atoms with van der Waals surface area (Å²) in [6, 6.07) is 63.3. The van der Waals surface area contributed by atoms with Crippen molar-refractivity contribution in [3.63, 3.8) is 0 Å². The molecular weight excluding hydrogens is 833 g/mol. The van der Waals surface area contributed by atoms with Crippen LogP contribution < -0.4 is 9.80 Å². The number of benzene rings is 10. The van der Waals surface area contributed by atoms with Crippen LogP contribution in [0.2, 0.25) is 0 Å². The lowest BCUT2D eigenvalue weighted by atomic mass is 9.70. The standard InChI is InChI=1S/C67H60N2/c1-10-42-37-59(69(45-22-16-20-41(3)36-45)57-30-18-26-50-48-24-12-14-28-54(48)67(8,9)64(50)57)52-39-55-60-43(33-34-65(55,4)5)38-58(51-32-31-46(42)61(52)62(51)60)68(44-21-15-19-40(2)35-44)56-29-17-25-49-47-23-11-13-27-53(47)66(6,7)63(49)56/h11-32,35-39H,10,33-34H2,1-9H3. The molecule has 0 bridgehead atoms. The van der Waals surface area contributed by atoms with Gasteiger partial charge in [0.05, 0.1) is 22.7 Å². The molecule has 2 nitrogen and oxygen atoms in total. The van der Waals surface area contributed by atoms with Crippen LogP contribution in [0.1, 0.15) is 105 Å². The molecule has 0 aliphatic heterocycles. The van der Waals surface area contributed by atoms with Gasteiger partial charge in [-0.2, -0.15) is 0 Å². The topological polar surface area (TPSA) is 6.48 Å². The molecule has 0 aromatic heterocycles. The van der Waals surface area contributed by atoms with Crippen LogP contribution in [0.15, 0.2) is 164 Å². The van der Waals surface area contributed by atoms with E-state index in [1.807, 2.05) is 0 Å². The highest BCUT2D eigenvalue weighted by molar-refractivity contribution is 6.30. The van der Waals surface area contributed by atoms with Gasteiger partial charge < -0.3 is 9.80 Å². The fourth-order valence-corrected chi connectivity index (χ4v) is 13.6. The van der Waals surface area contributed by atoms with E-state index in [4.69, 9.17) is 0 Å². The summed E-state index contributed by atoms with van der Waals surface area (Å²) < 4.78 is 0. The van der Waals surface area contributed by atoms with Crippen LogP contribution in [0.4, 0.5) is 34.1 Å². The molecule has 0 atom stereocenters. The van der Waals surface area contributed by atoms with E-state index >= 15 is 0 Å². The van der Waals surface area contributed by atoms with Gasteiger partial charge in [0, 0.05) is 38.4 Å². The number of hydrogen-bond donors (Lipinski definition) is 0. The second-order valence-electron chi connectivity index (χ2n) is 22.2. The zero-order chi connectivity index (χ0) is 47.3. The van der Waals surface area contributed by atoms with Crippen molar-refractivity contribution < 1.29 is 0 Å². The predicted molar refractivity (Wildman–Crippen MR) is 295 cm³/mol. The number of anilines is 6. The monoisotopic (exact) mass is 892 g/mol. The second kappa shape index (κ2) is 14.7. The van der Waals surface area contributed by atoms with Crippen molar-refractivity contribution in [1.29, 1.82) is 0 Å². The minimum atomic E-state index is -0.202. The van der Waals surface area contributed by atoms with Gasteiger partial charge in [0.2, 0.25) is 0 Å². The zero-order valence-electron chi connectivity index (χ0n) is 41.6. The molecule has 0 radical (unpaired) electrons. The molecule has 338 valence electrons. The average molecular weight is 893 g/mol. The molecule has 10 aromatic rings. The Morgan fingerprint density at radius 3 is 1.48 bits per heavy atom. The molecule has 0 fully saturated rings. The number of nitrogens with zero attached hydrogens (tertiary/aromatic N) is 2. The summed E-state index contributed by atoms with van der Waals surface area (Å²) in [6.07, 6.45) is 3.03. The van der Waals surface area contributed by atoms with Gasteiger partial charge in [0.25, 0.3) is 0 Å². The first-order chi connectivity index (χ1) is 33.3. The third-order valence-electron chi connectivity index (χ3n) is 16.9. The van der Waals surface area contributed by atoms with Crippen molar-refractivity contribution in [3.8, 4) is 22.3 Å². The highest BCUT2D eigenvalue weighted by Crippen LogP contribution is 2.59. The quantitative estimate of drug-likeness (QED) is 0.147. The fraction of sp³-hybridized carbons (Fsp3) is 0.224. The molecule has 2 heteroatoms. The van der Waals surface area contributed by atoms with E-state index in [0.717, 1.165) is 19.3 Å². The predicted octanol–water partition coefficient (Wildman–Crippen LogP) is 18.5. The van der Waals surface area contributed by atoms with Gasteiger partial charge in [-0.1, -0.05) is 158 Å². The van der Waals surface area contributed by atoms with Crippen LogP contribution in [-0.4, -0.2) is 0 Å². The van der Waals surface area contributed by atoms with E-state index in [0.29, 0.717) is 0 Å². The van der Waals surface area contributed by atoms with Crippen LogP contribution in [0.3, 0.4) is 0 Å². The molecule has 0 unspecified atom stereocenters. The summed E-state index contributed by atoms with van der Waals surface area (Å²) in [5.74, 6) is 0. The summed E-state index contributed by atoms with van der Waals surface area (Å²) in [6.45, 7) is 21.5. The third-order valence-corrected chi connectivity index (χ3v) is 16.9. The Hall–Kier alpha value is -7.16. The van der Waals surface area contributed by atoms with Crippen molar-refractivity contribution in [2.75, 3.05) is 9.80 Å². The maximum absolute atomic E-state index is 2.64. The first-order valence-electron chi connectivity index (χ1n) is 25.3. The van der Waals surface area contributed by atoms with Crippen LogP contribution in [0, 0.1) is 13.8 Å². The highest BCUT2D eigenvalue weighted by atomic mass is 15.2. The van der Waals surface area contributed by atoms with E-state index in [2.05, 4.69) is 236 Å². The second-order valence-corrected chi connectivity index (χ2v) is 22.2. The van der Waals surface area contributed by atoms with Gasteiger partial charge in [-0.05, 0) is 182 Å². The molecule has 13 rings (SSSR count). The number of hydrogen-bond acceptors (Lipinski definition) is 2. The number of aryl methyl sites for hydroxylation is 4. The molecule has 3 aliphatic rings. The third kappa shape index (κ3) is 5.84. The van der Waals surface area contributed by atoms with Crippen LogP contribution in [-0.2, 0) is 29.1 Å². The zero-order valence-corrected chi connectivity index (χ0v) is 41.6. The van der Waals surface area contributed by atoms with Crippen LogP contribution in [0.25, 0.3) is 54.6 Å². The first kappa shape index (κ1) is 42.0. The molecule has 69 heavy (non-hydrogen) atoms. The first-order valence-corrected chi connectivity index (χ1v) is 25.3. The molecular formula is C67H60N2. The average Bonchev–Trinajstić information content (AvgIpc) is 3.73. The lowest BCUT2D eigenvalue weighted by Crippen LogP contribution is -2.24. The van der Waals surface area contributed by atoms with Gasteiger partial charge in [-0.25, -0.2) is 0 Å². The molecule has 0 spiro atoms. The molecule has 0 N–H and O–H groups in total. The van der Waals surface area contributed by atoms with Gasteiger partial charge in [0.1, 0.15) is 0 Å². The summed E-state index contributed by atoms with van der Waals surface area (Å²) in [5, 5.41) is 8.22. The number of rotatable bonds is 7. The Bertz CT molecular complexity index is 3790. The van der Waals surface area contributed by atoms with Crippen molar-refractivity contribution in [1.82, 2.24) is 0 Å². The fourth-order valence-electron chi connectivity index (χ4n) is 13.6. The van der Waals surface area contributed by atoms with Crippen molar-refractivity contribution in [2.24, 2.45) is 0 Å². The highest BCUT2D eigenvalue weighted by Gasteiger charge is 2.42. The Morgan fingerprint density at radius 2 is 0.928 bits per heavy atom. The maximum atomic E-state index is 2.64. The van der Waals surface area contributed by atoms with Gasteiger partial charge in [0.15, 0.2) is 0 Å². The Kier molecular flexibility index (Phi) is 8.93. The van der Waals surface area contributed by atoms with Gasteiger partial charge in [-0.15, -0.1) is 0 Å². The summed E-state index contributed by atoms with van der Waals surface area (Å²) in [5.41, 5.74) is 24.7. The minimum Gasteiger partial charge on any atom is -0.310 e. The van der Waals surface area contributed by atoms with E-state index in [-0.39, 0.29) is 16.2 Å². The Balaban J connectivity index is 1.16. The molecule has 0 amide bonds. The van der Waals surface area contributed by atoms with Gasteiger partial charge in [-0.3, -0.25) is 0 Å². The van der Waals surface area contributed by atoms with E-state index in [1.54, 1.807) is 0 Å². The smallest absolute Gasteiger partial charge is 0.0543 e. The molecule has 0 heterocycles. The normalized spacial score (nSPS) is 15.6. The Morgan fingerprint density at radius 1 is 0.420 bits per heavy atom. The summed E-state index contributed by atoms with van der Waals surface area (Å²) in [4.78, 5) is 5.27.